The van der Waals surface area contributed by atoms with E-state index in [9.17, 15) is 18.0 Å². The summed E-state index contributed by atoms with van der Waals surface area (Å²) in [6.45, 7) is 1.23. The summed E-state index contributed by atoms with van der Waals surface area (Å²) in [4.78, 5) is 19.8. The zero-order valence-corrected chi connectivity index (χ0v) is 10.5. The number of halogens is 4. The topological polar surface area (TPSA) is 46.1 Å². The molecule has 1 aromatic heterocycles. The van der Waals surface area contributed by atoms with Crippen LogP contribution in [0.1, 0.15) is 22.6 Å². The van der Waals surface area contributed by atoms with E-state index in [0.717, 1.165) is 0 Å². The van der Waals surface area contributed by atoms with E-state index in [1.165, 1.54) is 11.9 Å². The first kappa shape index (κ1) is 14.7. The van der Waals surface area contributed by atoms with Crippen molar-refractivity contribution in [3.05, 3.63) is 16.5 Å². The Labute approximate surface area is 107 Å². The first-order valence-corrected chi connectivity index (χ1v) is 5.39. The molecule has 0 saturated heterocycles. The minimum Gasteiger partial charge on any atom is -0.359 e. The van der Waals surface area contributed by atoms with Gasteiger partial charge in [0.15, 0.2) is 6.29 Å². The molecule has 4 nitrogen and oxygen atoms in total. The first-order valence-electron chi connectivity index (χ1n) is 5.02. The van der Waals surface area contributed by atoms with Gasteiger partial charge in [-0.15, -0.1) is 0 Å². The predicted molar refractivity (Wildman–Crippen MR) is 61.1 cm³/mol. The molecule has 0 aromatic carbocycles. The molecule has 0 unspecified atom stereocenters. The van der Waals surface area contributed by atoms with Gasteiger partial charge in [0.1, 0.15) is 16.8 Å². The molecule has 0 aliphatic heterocycles. The van der Waals surface area contributed by atoms with Gasteiger partial charge in [-0.05, 0) is 6.92 Å². The van der Waals surface area contributed by atoms with E-state index in [1.807, 2.05) is 0 Å². The highest BCUT2D eigenvalue weighted by molar-refractivity contribution is 6.32. The Kier molecular flexibility index (Phi) is 4.50. The molecule has 0 atom stereocenters. The highest BCUT2D eigenvalue weighted by atomic mass is 35.5. The minimum atomic E-state index is -4.26. The smallest absolute Gasteiger partial charge is 0.359 e. The summed E-state index contributed by atoms with van der Waals surface area (Å²) in [5.41, 5.74) is -0.00746. The second kappa shape index (κ2) is 5.51. The van der Waals surface area contributed by atoms with Crippen LogP contribution in [0.3, 0.4) is 0 Å². The normalized spacial score (nSPS) is 11.4. The Hall–Kier alpha value is -1.37. The number of rotatable bonds is 4. The van der Waals surface area contributed by atoms with Crippen molar-refractivity contribution >= 4 is 23.7 Å². The Morgan fingerprint density at radius 1 is 1.39 bits per heavy atom. The van der Waals surface area contributed by atoms with Crippen molar-refractivity contribution in [2.24, 2.45) is 0 Å². The van der Waals surface area contributed by atoms with Crippen LogP contribution < -0.4 is 4.90 Å². The molecule has 0 bridgehead atoms. The van der Waals surface area contributed by atoms with Crippen molar-refractivity contribution in [2.45, 2.75) is 19.5 Å². The van der Waals surface area contributed by atoms with Gasteiger partial charge in [-0.2, -0.15) is 13.2 Å². The number of carbonyl (C=O) groups is 1. The van der Waals surface area contributed by atoms with Gasteiger partial charge in [-0.1, -0.05) is 11.6 Å². The Bertz CT molecular complexity index is 451. The fraction of sp³-hybridized carbons (Fsp3) is 0.500. The van der Waals surface area contributed by atoms with Crippen LogP contribution in [0, 0.1) is 6.92 Å². The van der Waals surface area contributed by atoms with Crippen molar-refractivity contribution in [3.63, 3.8) is 0 Å². The highest BCUT2D eigenvalue weighted by Gasteiger charge is 2.28. The van der Waals surface area contributed by atoms with Crippen LogP contribution in [0.2, 0.25) is 5.15 Å². The zero-order valence-electron chi connectivity index (χ0n) is 9.75. The summed E-state index contributed by atoms with van der Waals surface area (Å²) in [6.07, 6.45) is -4.83. The van der Waals surface area contributed by atoms with Crippen molar-refractivity contribution in [2.75, 3.05) is 18.5 Å². The molecule has 0 spiro atoms. The molecular formula is C10H11ClF3N3O. The Morgan fingerprint density at radius 2 is 2.00 bits per heavy atom. The molecule has 0 saturated carbocycles. The third-order valence-corrected chi connectivity index (χ3v) is 2.49. The second-order valence-corrected chi connectivity index (χ2v) is 4.06. The van der Waals surface area contributed by atoms with Crippen LogP contribution in [-0.4, -0.2) is 36.0 Å². The molecule has 18 heavy (non-hydrogen) atoms. The van der Waals surface area contributed by atoms with E-state index in [2.05, 4.69) is 9.97 Å². The molecule has 0 radical (unpaired) electrons. The monoisotopic (exact) mass is 281 g/mol. The van der Waals surface area contributed by atoms with Gasteiger partial charge in [0.2, 0.25) is 0 Å². The molecule has 1 rings (SSSR count). The Morgan fingerprint density at radius 3 is 2.50 bits per heavy atom. The largest absolute Gasteiger partial charge is 0.390 e. The number of nitrogens with zero attached hydrogens (tertiary/aromatic N) is 3. The lowest BCUT2D eigenvalue weighted by molar-refractivity contribution is -0.132. The van der Waals surface area contributed by atoms with Crippen LogP contribution in [0.25, 0.3) is 0 Å². The van der Waals surface area contributed by atoms with E-state index in [0.29, 0.717) is 12.1 Å². The van der Waals surface area contributed by atoms with Crippen LogP contribution in [0.4, 0.5) is 19.0 Å². The third-order valence-electron chi connectivity index (χ3n) is 2.20. The maximum absolute atomic E-state index is 12.1. The number of anilines is 1. The maximum Gasteiger partial charge on any atom is 0.390 e. The van der Waals surface area contributed by atoms with Gasteiger partial charge < -0.3 is 4.90 Å². The van der Waals surface area contributed by atoms with Crippen molar-refractivity contribution in [1.82, 2.24) is 9.97 Å². The lowest BCUT2D eigenvalue weighted by Gasteiger charge is -2.21. The Balaban J connectivity index is 2.97. The van der Waals surface area contributed by atoms with E-state index >= 15 is 0 Å². The summed E-state index contributed by atoms with van der Waals surface area (Å²) in [5, 5.41) is -0.0636. The van der Waals surface area contributed by atoms with Crippen LogP contribution in [-0.2, 0) is 0 Å². The van der Waals surface area contributed by atoms with Crippen molar-refractivity contribution in [1.29, 1.82) is 0 Å². The van der Waals surface area contributed by atoms with Crippen molar-refractivity contribution < 1.29 is 18.0 Å². The minimum absolute atomic E-state index is 0.00746. The lowest BCUT2D eigenvalue weighted by Crippen LogP contribution is -2.26. The SMILES string of the molecule is Cc1nc(Cl)c(C=O)c(N(C)CCC(F)(F)F)n1. The summed E-state index contributed by atoms with van der Waals surface area (Å²) < 4.78 is 36.4. The van der Waals surface area contributed by atoms with Gasteiger partial charge >= 0.3 is 6.18 Å². The number of aryl methyl sites for hydroxylation is 1. The summed E-state index contributed by atoms with van der Waals surface area (Å²) in [5.74, 6) is 0.395. The molecular weight excluding hydrogens is 271 g/mol. The van der Waals surface area contributed by atoms with Gasteiger partial charge in [0.25, 0.3) is 0 Å². The zero-order chi connectivity index (χ0) is 13.9. The van der Waals surface area contributed by atoms with Crippen LogP contribution >= 0.6 is 11.6 Å². The van der Waals surface area contributed by atoms with Gasteiger partial charge in [-0.3, -0.25) is 4.79 Å². The van der Waals surface area contributed by atoms with E-state index in [-0.39, 0.29) is 23.1 Å². The van der Waals surface area contributed by atoms with Crippen molar-refractivity contribution in [3.8, 4) is 0 Å². The molecule has 1 heterocycles. The number of aldehydes is 1. The molecule has 0 aliphatic carbocycles. The third kappa shape index (κ3) is 3.83. The average molecular weight is 282 g/mol. The predicted octanol–water partition coefficient (Wildman–Crippen LogP) is 2.64. The van der Waals surface area contributed by atoms with Crippen LogP contribution in [0.5, 0.6) is 0 Å². The molecule has 0 N–H and O–H groups in total. The van der Waals surface area contributed by atoms with Gasteiger partial charge in [0, 0.05) is 13.6 Å². The lowest BCUT2D eigenvalue weighted by atomic mass is 10.3. The van der Waals surface area contributed by atoms with E-state index in [4.69, 9.17) is 11.6 Å². The van der Waals surface area contributed by atoms with Gasteiger partial charge in [0.05, 0.1) is 12.0 Å². The van der Waals surface area contributed by atoms with Crippen LogP contribution in [0.15, 0.2) is 0 Å². The number of hydrogen-bond donors (Lipinski definition) is 0. The summed E-state index contributed by atoms with van der Waals surface area (Å²) in [7, 11) is 1.41. The number of aromatic nitrogens is 2. The summed E-state index contributed by atoms with van der Waals surface area (Å²) >= 11 is 5.74. The number of carbonyl (C=O) groups excluding carboxylic acids is 1. The number of hydrogen-bond acceptors (Lipinski definition) is 4. The second-order valence-electron chi connectivity index (χ2n) is 3.70. The van der Waals surface area contributed by atoms with E-state index in [1.54, 1.807) is 6.92 Å². The fourth-order valence-electron chi connectivity index (χ4n) is 1.33. The molecule has 0 fully saturated rings. The molecule has 8 heteroatoms. The molecule has 1 aromatic rings. The van der Waals surface area contributed by atoms with E-state index < -0.39 is 12.6 Å². The first-order chi connectivity index (χ1) is 8.24. The fourth-order valence-corrected chi connectivity index (χ4v) is 1.58. The van der Waals surface area contributed by atoms with Gasteiger partial charge in [-0.25, -0.2) is 9.97 Å². The summed E-state index contributed by atoms with van der Waals surface area (Å²) in [6, 6.07) is 0. The highest BCUT2D eigenvalue weighted by Crippen LogP contribution is 2.24. The molecule has 0 amide bonds. The maximum atomic E-state index is 12.1. The molecule has 0 aliphatic rings. The molecule has 100 valence electrons. The average Bonchev–Trinajstić information content (AvgIpc) is 2.24. The number of alkyl halides is 3. The standard InChI is InChI=1S/C10H11ClF3N3O/c1-6-15-8(11)7(5-18)9(16-6)17(2)4-3-10(12,13)14/h5H,3-4H2,1-2H3. The quantitative estimate of drug-likeness (QED) is 0.629.